The largest absolute Gasteiger partial charge is 0.128 e. The minimum atomic E-state index is 0.924. The Morgan fingerprint density at radius 2 is 2.21 bits per heavy atom. The van der Waals surface area contributed by atoms with Crippen molar-refractivity contribution in [3.63, 3.8) is 0 Å². The van der Waals surface area contributed by atoms with Crippen LogP contribution < -0.4 is 0 Å². The van der Waals surface area contributed by atoms with Gasteiger partial charge in [-0.05, 0) is 37.5 Å². The van der Waals surface area contributed by atoms with E-state index in [4.69, 9.17) is 0 Å². The molecule has 0 unspecified atom stereocenters. The Labute approximate surface area is 86.3 Å². The quantitative estimate of drug-likeness (QED) is 0.493. The van der Waals surface area contributed by atoms with Crippen molar-refractivity contribution in [3.8, 4) is 0 Å². The Morgan fingerprint density at radius 1 is 1.50 bits per heavy atom. The number of hydrogen-bond acceptors (Lipinski definition) is 0. The lowest BCUT2D eigenvalue weighted by molar-refractivity contribution is 1.14. The predicted molar refractivity (Wildman–Crippen MR) is 63.3 cm³/mol. The first-order chi connectivity index (χ1) is 6.63. The summed E-state index contributed by atoms with van der Waals surface area (Å²) in [5.74, 6) is 0. The maximum atomic E-state index is 3.92. The highest BCUT2D eigenvalue weighted by molar-refractivity contribution is 5.55. The molecular weight excluding hydrogens is 168 g/mol. The minimum Gasteiger partial charge on any atom is -0.128 e. The molecule has 0 radical (unpaired) electrons. The maximum absolute atomic E-state index is 3.92. The highest BCUT2D eigenvalue weighted by atomic mass is 14.0. The summed E-state index contributed by atoms with van der Waals surface area (Å²) in [4.78, 5) is 0. The van der Waals surface area contributed by atoms with Gasteiger partial charge in [-0.15, -0.1) is 5.73 Å². The molecule has 0 spiro atoms. The van der Waals surface area contributed by atoms with Crippen molar-refractivity contribution in [2.45, 2.75) is 20.3 Å². The Bertz CT molecular complexity index is 390. The number of aryl methyl sites for hydroxylation is 1. The van der Waals surface area contributed by atoms with Crippen molar-refractivity contribution in [2.24, 2.45) is 0 Å². The second kappa shape index (κ2) is 4.64. The van der Waals surface area contributed by atoms with Gasteiger partial charge in [0.2, 0.25) is 0 Å². The van der Waals surface area contributed by atoms with Gasteiger partial charge >= 0.3 is 0 Å². The topological polar surface area (TPSA) is 0 Å². The summed E-state index contributed by atoms with van der Waals surface area (Å²) in [5, 5.41) is 0. The average molecular weight is 184 g/mol. The van der Waals surface area contributed by atoms with Crippen molar-refractivity contribution in [1.82, 2.24) is 0 Å². The molecule has 0 saturated heterocycles. The van der Waals surface area contributed by atoms with Crippen LogP contribution in [0.2, 0.25) is 0 Å². The Balaban J connectivity index is 3.14. The van der Waals surface area contributed by atoms with Gasteiger partial charge in [0.25, 0.3) is 0 Å². The van der Waals surface area contributed by atoms with Crippen LogP contribution in [0.25, 0.3) is 6.08 Å². The average Bonchev–Trinajstić information content (AvgIpc) is 2.09. The molecule has 0 heteroatoms. The van der Waals surface area contributed by atoms with Crippen molar-refractivity contribution < 1.29 is 0 Å². The number of rotatable bonds is 3. The highest BCUT2D eigenvalue weighted by Crippen LogP contribution is 2.16. The van der Waals surface area contributed by atoms with E-state index in [9.17, 15) is 0 Å². The fraction of sp³-hybridized carbons (Fsp3) is 0.214. The zero-order valence-electron chi connectivity index (χ0n) is 8.93. The summed E-state index contributed by atoms with van der Waals surface area (Å²) >= 11 is 0. The maximum Gasteiger partial charge on any atom is -0.00664 e. The molecule has 0 aliphatic heterocycles. The molecule has 0 aromatic heterocycles. The molecule has 0 bridgehead atoms. The van der Waals surface area contributed by atoms with Crippen LogP contribution >= 0.6 is 0 Å². The number of hydrogen-bond donors (Lipinski definition) is 0. The van der Waals surface area contributed by atoms with Crippen LogP contribution in [0, 0.1) is 6.92 Å². The summed E-state index contributed by atoms with van der Waals surface area (Å²) in [6.07, 6.45) is 2.85. The molecular formula is C14H16. The summed E-state index contributed by atoms with van der Waals surface area (Å²) in [5.41, 5.74) is 7.74. The fourth-order valence-corrected chi connectivity index (χ4v) is 1.44. The van der Waals surface area contributed by atoms with Crippen LogP contribution in [0.1, 0.15) is 23.6 Å². The molecule has 1 aromatic rings. The predicted octanol–water partition coefficient (Wildman–Crippen LogP) is 3.91. The zero-order valence-corrected chi connectivity index (χ0v) is 8.93. The van der Waals surface area contributed by atoms with Crippen LogP contribution in [0.3, 0.4) is 0 Å². The van der Waals surface area contributed by atoms with E-state index in [-0.39, 0.29) is 0 Å². The fourth-order valence-electron chi connectivity index (χ4n) is 1.44. The van der Waals surface area contributed by atoms with E-state index in [1.165, 1.54) is 22.3 Å². The molecule has 72 valence electrons. The van der Waals surface area contributed by atoms with Gasteiger partial charge in [-0.25, -0.2) is 0 Å². The van der Waals surface area contributed by atoms with Crippen molar-refractivity contribution in [3.05, 3.63) is 59.4 Å². The molecule has 0 amide bonds. The van der Waals surface area contributed by atoms with E-state index in [1.807, 2.05) is 13.0 Å². The van der Waals surface area contributed by atoms with E-state index in [2.05, 4.69) is 44.0 Å². The van der Waals surface area contributed by atoms with Crippen molar-refractivity contribution in [1.29, 1.82) is 0 Å². The number of benzene rings is 1. The van der Waals surface area contributed by atoms with Gasteiger partial charge < -0.3 is 0 Å². The molecule has 1 aromatic carbocycles. The van der Waals surface area contributed by atoms with E-state index in [0.717, 1.165) is 6.42 Å². The third-order valence-corrected chi connectivity index (χ3v) is 2.05. The first kappa shape index (κ1) is 10.6. The molecule has 0 saturated carbocycles. The summed E-state index contributed by atoms with van der Waals surface area (Å²) in [7, 11) is 0. The van der Waals surface area contributed by atoms with Crippen molar-refractivity contribution >= 4 is 6.08 Å². The molecule has 0 aliphatic rings. The standard InChI is InChI=1S/C14H16/c1-5-6-13-10-12(4)7-8-14(13)9-11(2)3/h6-8,10H,1-2,9H2,3-4H3. The van der Waals surface area contributed by atoms with Gasteiger partial charge in [0.05, 0.1) is 0 Å². The summed E-state index contributed by atoms with van der Waals surface area (Å²) < 4.78 is 0. The SMILES string of the molecule is C=C=Cc1cc(C)ccc1CC(=C)C. The van der Waals surface area contributed by atoms with Crippen LogP contribution in [-0.4, -0.2) is 0 Å². The van der Waals surface area contributed by atoms with Crippen LogP contribution in [0.4, 0.5) is 0 Å². The molecule has 0 fully saturated rings. The Hall–Kier alpha value is -1.52. The molecule has 14 heavy (non-hydrogen) atoms. The molecule has 0 nitrogen and oxygen atoms in total. The van der Waals surface area contributed by atoms with Gasteiger partial charge in [0, 0.05) is 0 Å². The molecule has 1 rings (SSSR count). The summed E-state index contributed by atoms with van der Waals surface area (Å²) in [6, 6.07) is 6.42. The van der Waals surface area contributed by atoms with Gasteiger partial charge in [0.1, 0.15) is 0 Å². The lowest BCUT2D eigenvalue weighted by Crippen LogP contribution is -1.90. The minimum absolute atomic E-state index is 0.924. The Morgan fingerprint density at radius 3 is 2.79 bits per heavy atom. The third-order valence-electron chi connectivity index (χ3n) is 2.05. The van der Waals surface area contributed by atoms with Gasteiger partial charge in [-0.3, -0.25) is 0 Å². The van der Waals surface area contributed by atoms with E-state index in [0.29, 0.717) is 0 Å². The second-order valence-corrected chi connectivity index (χ2v) is 3.68. The lowest BCUT2D eigenvalue weighted by Gasteiger charge is -2.06. The van der Waals surface area contributed by atoms with E-state index in [1.54, 1.807) is 0 Å². The van der Waals surface area contributed by atoms with Crippen LogP contribution in [0.5, 0.6) is 0 Å². The molecule has 0 heterocycles. The second-order valence-electron chi connectivity index (χ2n) is 3.68. The first-order valence-electron chi connectivity index (χ1n) is 4.73. The number of allylic oxidation sites excluding steroid dienone is 1. The monoisotopic (exact) mass is 184 g/mol. The van der Waals surface area contributed by atoms with Gasteiger partial charge in [-0.2, -0.15) is 0 Å². The smallest absolute Gasteiger partial charge is 0.00664 e. The third kappa shape index (κ3) is 2.76. The van der Waals surface area contributed by atoms with Gasteiger partial charge in [0.15, 0.2) is 0 Å². The molecule has 0 aliphatic carbocycles. The van der Waals surface area contributed by atoms with Crippen molar-refractivity contribution in [2.75, 3.05) is 0 Å². The van der Waals surface area contributed by atoms with Crippen LogP contribution in [-0.2, 0) is 6.42 Å². The lowest BCUT2D eigenvalue weighted by atomic mass is 9.99. The summed E-state index contributed by atoms with van der Waals surface area (Å²) in [6.45, 7) is 11.7. The first-order valence-corrected chi connectivity index (χ1v) is 4.73. The molecule has 0 atom stereocenters. The normalized spacial score (nSPS) is 9.29. The van der Waals surface area contributed by atoms with E-state index >= 15 is 0 Å². The van der Waals surface area contributed by atoms with Crippen LogP contribution in [0.15, 0.2) is 42.7 Å². The van der Waals surface area contributed by atoms with Gasteiger partial charge in [-0.1, -0.05) is 42.5 Å². The molecule has 0 N–H and O–H groups in total. The zero-order chi connectivity index (χ0) is 10.6. The highest BCUT2D eigenvalue weighted by Gasteiger charge is 1.99. The van der Waals surface area contributed by atoms with E-state index < -0.39 is 0 Å². The Kier molecular flexibility index (Phi) is 3.50.